The lowest BCUT2D eigenvalue weighted by molar-refractivity contribution is -0.143. The van der Waals surface area contributed by atoms with Gasteiger partial charge in [0.15, 0.2) is 0 Å². The zero-order valence-corrected chi connectivity index (χ0v) is 25.7. The maximum absolute atomic E-state index is 13.6. The molecule has 1 aliphatic heterocycles. The van der Waals surface area contributed by atoms with Crippen LogP contribution in [0.1, 0.15) is 60.4 Å². The molecule has 5 atom stereocenters. The summed E-state index contributed by atoms with van der Waals surface area (Å²) in [7, 11) is -2.01. The first-order valence-electron chi connectivity index (χ1n) is 14.0. The molecule has 2 heterocycles. The fourth-order valence-electron chi connectivity index (χ4n) is 5.48. The monoisotopic (exact) mass is 629 g/mol. The molecule has 0 radical (unpaired) electrons. The van der Waals surface area contributed by atoms with Crippen LogP contribution >= 0.6 is 0 Å². The first-order valence-corrected chi connectivity index (χ1v) is 17.5. The smallest absolute Gasteiger partial charge is 0.378 e. The second kappa shape index (κ2) is 12.7. The molecule has 1 saturated heterocycles. The van der Waals surface area contributed by atoms with Crippen molar-refractivity contribution < 1.29 is 40.6 Å². The predicted molar refractivity (Wildman–Crippen MR) is 151 cm³/mol. The number of nitrogens with zero attached hydrogens (tertiary/aromatic N) is 2. The summed E-state index contributed by atoms with van der Waals surface area (Å²) in [5, 5.41) is 6.16. The van der Waals surface area contributed by atoms with E-state index in [4.69, 9.17) is 14.2 Å². The average Bonchev–Trinajstić information content (AvgIpc) is 3.45. The van der Waals surface area contributed by atoms with Gasteiger partial charge in [0.2, 0.25) is 0 Å². The molecule has 0 saturated carbocycles. The van der Waals surface area contributed by atoms with Gasteiger partial charge in [0.25, 0.3) is 0 Å². The van der Waals surface area contributed by atoms with Crippen LogP contribution in [-0.4, -0.2) is 47.8 Å². The topological polar surface area (TPSA) is 69.3 Å². The lowest BCUT2D eigenvalue weighted by Crippen LogP contribution is -2.55. The fraction of sp³-hybridized carbons (Fsp3) is 0.533. The van der Waals surface area contributed by atoms with Crippen LogP contribution in [0.5, 0.6) is 0 Å². The standard InChI is InChI=1S/C30H37F6N3O3Si/c1-19(21-11-23(29(31,32)33)13-24(12-21)30(34,35)36)42-25-16-40-15-22(27(25)20-9-7-6-8-10-20)14-28(2,43(3,4)5)41-17-26-37-18-38-39-26/h6-13,18-19,22,25,27H,14-17H2,1-5H3,(H,37,38,39)/t19-,22-,25+,27+,28?/m1/s1. The molecule has 1 aromatic heterocycles. The van der Waals surface area contributed by atoms with Gasteiger partial charge in [0.1, 0.15) is 18.8 Å². The molecular formula is C30H37F6N3O3Si. The third-order valence-corrected chi connectivity index (χ3v) is 11.9. The van der Waals surface area contributed by atoms with Gasteiger partial charge in [-0.05, 0) is 55.5 Å². The van der Waals surface area contributed by atoms with Gasteiger partial charge < -0.3 is 14.2 Å². The van der Waals surface area contributed by atoms with E-state index < -0.39 is 49.0 Å². The Hall–Kier alpha value is -2.74. The predicted octanol–water partition coefficient (Wildman–Crippen LogP) is 7.96. The maximum atomic E-state index is 13.6. The molecule has 13 heteroatoms. The van der Waals surface area contributed by atoms with Crippen LogP contribution in [0.2, 0.25) is 19.6 Å². The minimum absolute atomic E-state index is 0.118. The molecule has 0 bridgehead atoms. The molecule has 236 valence electrons. The van der Waals surface area contributed by atoms with Crippen molar-refractivity contribution in [1.29, 1.82) is 0 Å². The highest BCUT2D eigenvalue weighted by Crippen LogP contribution is 2.44. The summed E-state index contributed by atoms with van der Waals surface area (Å²) in [6.07, 6.45) is -9.61. The Morgan fingerprint density at radius 2 is 1.60 bits per heavy atom. The highest BCUT2D eigenvalue weighted by atomic mass is 28.3. The number of aromatic nitrogens is 3. The number of aromatic amines is 1. The van der Waals surface area contributed by atoms with Gasteiger partial charge in [0, 0.05) is 5.92 Å². The van der Waals surface area contributed by atoms with Crippen LogP contribution in [0.3, 0.4) is 0 Å². The highest BCUT2D eigenvalue weighted by Gasteiger charge is 2.47. The molecule has 1 N–H and O–H groups in total. The van der Waals surface area contributed by atoms with Crippen molar-refractivity contribution in [3.8, 4) is 0 Å². The molecule has 43 heavy (non-hydrogen) atoms. The van der Waals surface area contributed by atoms with Crippen molar-refractivity contribution in [2.45, 2.75) is 82.2 Å². The molecule has 2 aromatic carbocycles. The van der Waals surface area contributed by atoms with Crippen LogP contribution < -0.4 is 0 Å². The largest absolute Gasteiger partial charge is 0.416 e. The Labute approximate surface area is 248 Å². The molecule has 0 spiro atoms. The van der Waals surface area contributed by atoms with Crippen LogP contribution in [-0.2, 0) is 33.2 Å². The molecule has 6 nitrogen and oxygen atoms in total. The summed E-state index contributed by atoms with van der Waals surface area (Å²) in [5.74, 6) is 0.222. The van der Waals surface area contributed by atoms with Crippen molar-refractivity contribution in [3.05, 3.63) is 82.9 Å². The van der Waals surface area contributed by atoms with Gasteiger partial charge in [-0.15, -0.1) is 0 Å². The molecule has 3 aromatic rings. The summed E-state index contributed by atoms with van der Waals surface area (Å²) < 4.78 is 100. The van der Waals surface area contributed by atoms with Crippen molar-refractivity contribution in [1.82, 2.24) is 15.2 Å². The van der Waals surface area contributed by atoms with Gasteiger partial charge in [-0.1, -0.05) is 50.0 Å². The normalized spacial score (nSPS) is 22.3. The fourth-order valence-corrected chi connectivity index (χ4v) is 6.86. The third-order valence-electron chi connectivity index (χ3n) is 8.40. The van der Waals surface area contributed by atoms with Gasteiger partial charge in [0.05, 0.1) is 49.8 Å². The zero-order chi connectivity index (χ0) is 31.6. The summed E-state index contributed by atoms with van der Waals surface area (Å²) in [4.78, 5) is 4.17. The number of halogens is 6. The minimum atomic E-state index is -4.95. The first-order chi connectivity index (χ1) is 20.0. The van der Waals surface area contributed by atoms with Crippen molar-refractivity contribution >= 4 is 8.07 Å². The van der Waals surface area contributed by atoms with E-state index in [9.17, 15) is 26.3 Å². The lowest BCUT2D eigenvalue weighted by atomic mass is 9.78. The molecule has 0 amide bonds. The number of hydrogen-bond donors (Lipinski definition) is 1. The Morgan fingerprint density at radius 1 is 0.977 bits per heavy atom. The number of rotatable bonds is 10. The van der Waals surface area contributed by atoms with Gasteiger partial charge in [-0.3, -0.25) is 5.10 Å². The number of H-pyrrole nitrogens is 1. The van der Waals surface area contributed by atoms with E-state index in [-0.39, 0.29) is 36.7 Å². The van der Waals surface area contributed by atoms with Crippen LogP contribution in [0.15, 0.2) is 54.9 Å². The number of hydrogen-bond acceptors (Lipinski definition) is 5. The molecule has 4 rings (SSSR count). The average molecular weight is 630 g/mol. The zero-order valence-electron chi connectivity index (χ0n) is 24.7. The van der Waals surface area contributed by atoms with E-state index in [1.54, 1.807) is 0 Å². The minimum Gasteiger partial charge on any atom is -0.378 e. The van der Waals surface area contributed by atoms with E-state index in [0.717, 1.165) is 17.7 Å². The second-order valence-electron chi connectivity index (χ2n) is 12.3. The summed E-state index contributed by atoms with van der Waals surface area (Å²) in [6.45, 7) is 10.9. The maximum Gasteiger partial charge on any atom is 0.416 e. The Kier molecular flexibility index (Phi) is 9.79. The Balaban J connectivity index is 1.65. The Bertz CT molecular complexity index is 1300. The SMILES string of the molecule is C[C@@H](O[C@H]1COC[C@@H](CC(C)(OCc2ncn[nH]2)[Si](C)(C)C)[C@@H]1c1ccccc1)c1cc(C(F)(F)F)cc(C(F)(F)F)c1. The van der Waals surface area contributed by atoms with Crippen molar-refractivity contribution in [2.24, 2.45) is 5.92 Å². The van der Waals surface area contributed by atoms with E-state index in [1.165, 1.54) is 13.3 Å². The number of nitrogens with one attached hydrogen (secondary N) is 1. The van der Waals surface area contributed by atoms with Crippen LogP contribution in [0.25, 0.3) is 0 Å². The molecule has 1 fully saturated rings. The van der Waals surface area contributed by atoms with Gasteiger partial charge in [-0.2, -0.15) is 31.4 Å². The molecule has 0 aliphatic carbocycles. The van der Waals surface area contributed by atoms with E-state index in [2.05, 4.69) is 41.7 Å². The van der Waals surface area contributed by atoms with E-state index in [0.29, 0.717) is 18.9 Å². The second-order valence-corrected chi connectivity index (χ2v) is 17.9. The quantitative estimate of drug-likeness (QED) is 0.182. The number of ether oxygens (including phenoxy) is 3. The van der Waals surface area contributed by atoms with Gasteiger partial charge in [-0.25, -0.2) is 4.98 Å². The van der Waals surface area contributed by atoms with Crippen LogP contribution in [0, 0.1) is 5.92 Å². The summed E-state index contributed by atoms with van der Waals surface area (Å²) >= 11 is 0. The lowest BCUT2D eigenvalue weighted by Gasteiger charge is -2.47. The highest BCUT2D eigenvalue weighted by molar-refractivity contribution is 6.78. The Morgan fingerprint density at radius 3 is 2.14 bits per heavy atom. The van der Waals surface area contributed by atoms with Gasteiger partial charge >= 0.3 is 12.4 Å². The molecule has 1 unspecified atom stereocenters. The number of alkyl halides is 6. The van der Waals surface area contributed by atoms with Crippen molar-refractivity contribution in [2.75, 3.05) is 13.2 Å². The molecule has 1 aliphatic rings. The summed E-state index contributed by atoms with van der Waals surface area (Å²) in [6, 6.07) is 11.1. The van der Waals surface area contributed by atoms with E-state index in [1.807, 2.05) is 30.3 Å². The van der Waals surface area contributed by atoms with Crippen molar-refractivity contribution in [3.63, 3.8) is 0 Å². The third kappa shape index (κ3) is 8.05. The first kappa shape index (κ1) is 33.2. The summed E-state index contributed by atoms with van der Waals surface area (Å²) in [5.41, 5.74) is -2.01. The van der Waals surface area contributed by atoms with Crippen LogP contribution in [0.4, 0.5) is 26.3 Å². The van der Waals surface area contributed by atoms with E-state index >= 15 is 0 Å². The molecular weight excluding hydrogens is 592 g/mol. The number of benzene rings is 2.